The Balaban J connectivity index is 2.19. The fourth-order valence-electron chi connectivity index (χ4n) is 2.51. The third-order valence-corrected chi connectivity index (χ3v) is 4.55. The molecule has 3 amide bonds. The summed E-state index contributed by atoms with van der Waals surface area (Å²) in [4.78, 5) is 28.9. The van der Waals surface area contributed by atoms with E-state index in [1.165, 1.54) is 0 Å². The summed E-state index contributed by atoms with van der Waals surface area (Å²) in [5, 5.41) is 8.62. The molecule has 0 fully saturated rings. The van der Waals surface area contributed by atoms with Crippen molar-refractivity contribution in [3.63, 3.8) is 0 Å². The van der Waals surface area contributed by atoms with Crippen molar-refractivity contribution in [3.8, 4) is 0 Å². The van der Waals surface area contributed by atoms with Crippen molar-refractivity contribution in [2.24, 2.45) is 0 Å². The second kappa shape index (κ2) is 7.44. The lowest BCUT2D eigenvalue weighted by molar-refractivity contribution is 0.102. The second-order valence-electron chi connectivity index (χ2n) is 5.65. The Morgan fingerprint density at radius 1 is 1.08 bits per heavy atom. The monoisotopic (exact) mass is 346 g/mol. The fourth-order valence-corrected chi connectivity index (χ4v) is 3.37. The zero-order chi connectivity index (χ0) is 17.9. The molecule has 0 aliphatic rings. The third kappa shape index (κ3) is 4.11. The third-order valence-electron chi connectivity index (χ3n) is 3.48. The van der Waals surface area contributed by atoms with Gasteiger partial charge in [0.1, 0.15) is 4.88 Å². The summed E-state index contributed by atoms with van der Waals surface area (Å²) in [6.07, 6.45) is 0. The van der Waals surface area contributed by atoms with Crippen molar-refractivity contribution in [3.05, 3.63) is 39.4 Å². The van der Waals surface area contributed by atoms with Crippen molar-refractivity contribution in [2.75, 3.05) is 17.2 Å². The van der Waals surface area contributed by atoms with E-state index >= 15 is 0 Å². The molecule has 7 heteroatoms. The Labute approximate surface area is 145 Å². The van der Waals surface area contributed by atoms with Gasteiger partial charge in [-0.05, 0) is 45.7 Å². The number of aromatic nitrogens is 1. The lowest BCUT2D eigenvalue weighted by Crippen LogP contribution is -2.28. The first-order valence-electron chi connectivity index (χ1n) is 7.73. The maximum absolute atomic E-state index is 12.6. The maximum Gasteiger partial charge on any atom is 0.321 e. The van der Waals surface area contributed by atoms with Crippen LogP contribution in [0.1, 0.15) is 39.0 Å². The van der Waals surface area contributed by atoms with Crippen LogP contribution in [-0.2, 0) is 0 Å². The molecule has 2 aromatic rings. The largest absolute Gasteiger partial charge is 0.338 e. The van der Waals surface area contributed by atoms with E-state index in [0.717, 1.165) is 33.7 Å². The van der Waals surface area contributed by atoms with Gasteiger partial charge >= 0.3 is 6.03 Å². The average Bonchev–Trinajstić information content (AvgIpc) is 2.83. The number of benzene rings is 1. The zero-order valence-corrected chi connectivity index (χ0v) is 15.4. The van der Waals surface area contributed by atoms with E-state index in [9.17, 15) is 9.59 Å². The minimum atomic E-state index is -0.330. The molecular formula is C17H22N4O2S. The van der Waals surface area contributed by atoms with Gasteiger partial charge in [0.2, 0.25) is 0 Å². The van der Waals surface area contributed by atoms with Crippen LogP contribution in [0, 0.1) is 27.7 Å². The molecule has 0 bridgehead atoms. The van der Waals surface area contributed by atoms with Gasteiger partial charge in [-0.2, -0.15) is 0 Å². The van der Waals surface area contributed by atoms with E-state index in [1.54, 1.807) is 6.92 Å². The molecule has 2 rings (SSSR count). The van der Waals surface area contributed by atoms with Crippen LogP contribution < -0.4 is 16.0 Å². The number of nitrogens with one attached hydrogen (secondary N) is 3. The van der Waals surface area contributed by atoms with Gasteiger partial charge in [0.05, 0.1) is 5.69 Å². The molecule has 0 saturated carbocycles. The van der Waals surface area contributed by atoms with Crippen molar-refractivity contribution in [1.82, 2.24) is 10.3 Å². The highest BCUT2D eigenvalue weighted by Gasteiger charge is 2.18. The molecule has 0 atom stereocenters. The van der Waals surface area contributed by atoms with Crippen LogP contribution >= 0.6 is 11.3 Å². The normalized spacial score (nSPS) is 10.4. The molecule has 0 radical (unpaired) electrons. The minimum absolute atomic E-state index is 0.219. The molecule has 0 spiro atoms. The van der Waals surface area contributed by atoms with Gasteiger partial charge in [0.15, 0.2) is 5.13 Å². The second-order valence-corrected chi connectivity index (χ2v) is 6.64. The van der Waals surface area contributed by atoms with Crippen LogP contribution in [0.25, 0.3) is 0 Å². The number of anilines is 2. The number of carbonyl (C=O) groups is 2. The first kappa shape index (κ1) is 17.9. The van der Waals surface area contributed by atoms with E-state index in [1.807, 2.05) is 39.8 Å². The van der Waals surface area contributed by atoms with Crippen LogP contribution in [0.3, 0.4) is 0 Å². The Morgan fingerprint density at radius 3 is 2.29 bits per heavy atom. The molecule has 128 valence electrons. The average molecular weight is 346 g/mol. The molecule has 1 heterocycles. The van der Waals surface area contributed by atoms with E-state index in [2.05, 4.69) is 20.9 Å². The standard InChI is InChI=1S/C17H22N4O2S/c1-6-18-16(23)21-17-19-12(5)14(24-17)15(22)20-13-10(3)7-9(2)8-11(13)4/h7-8H,6H2,1-5H3,(H,20,22)(H2,18,19,21,23). The highest BCUT2D eigenvalue weighted by Crippen LogP contribution is 2.26. The van der Waals surface area contributed by atoms with Crippen LogP contribution in [0.2, 0.25) is 0 Å². The number of hydrogen-bond donors (Lipinski definition) is 3. The SMILES string of the molecule is CCNC(=O)Nc1nc(C)c(C(=O)Nc2c(C)cc(C)cc2C)s1. The van der Waals surface area contributed by atoms with Crippen molar-refractivity contribution in [1.29, 1.82) is 0 Å². The minimum Gasteiger partial charge on any atom is -0.338 e. The van der Waals surface area contributed by atoms with Crippen molar-refractivity contribution in [2.45, 2.75) is 34.6 Å². The Kier molecular flexibility index (Phi) is 5.56. The van der Waals surface area contributed by atoms with Crippen molar-refractivity contribution >= 4 is 34.1 Å². The Bertz CT molecular complexity index is 760. The zero-order valence-electron chi connectivity index (χ0n) is 14.5. The molecule has 24 heavy (non-hydrogen) atoms. The highest BCUT2D eigenvalue weighted by atomic mass is 32.1. The number of amides is 3. The van der Waals surface area contributed by atoms with Crippen LogP contribution in [-0.4, -0.2) is 23.5 Å². The number of aryl methyl sites for hydroxylation is 4. The Morgan fingerprint density at radius 2 is 1.71 bits per heavy atom. The van der Waals surface area contributed by atoms with Gasteiger partial charge in [-0.25, -0.2) is 9.78 Å². The van der Waals surface area contributed by atoms with Crippen LogP contribution in [0.4, 0.5) is 15.6 Å². The summed E-state index contributed by atoms with van der Waals surface area (Å²) < 4.78 is 0. The Hall–Kier alpha value is -2.41. The number of thiazole rings is 1. The molecule has 1 aromatic heterocycles. The van der Waals surface area contributed by atoms with E-state index in [-0.39, 0.29) is 11.9 Å². The lowest BCUT2D eigenvalue weighted by atomic mass is 10.1. The molecule has 6 nitrogen and oxygen atoms in total. The lowest BCUT2D eigenvalue weighted by Gasteiger charge is -2.12. The number of carbonyl (C=O) groups excluding carboxylic acids is 2. The maximum atomic E-state index is 12.6. The van der Waals surface area contributed by atoms with Gasteiger partial charge in [0, 0.05) is 12.2 Å². The van der Waals surface area contributed by atoms with Crippen LogP contribution in [0.15, 0.2) is 12.1 Å². The molecule has 1 aromatic carbocycles. The van der Waals surface area contributed by atoms with Crippen LogP contribution in [0.5, 0.6) is 0 Å². The summed E-state index contributed by atoms with van der Waals surface area (Å²) in [6.45, 7) is 10.1. The summed E-state index contributed by atoms with van der Waals surface area (Å²) in [6, 6.07) is 3.73. The van der Waals surface area contributed by atoms with Gasteiger partial charge < -0.3 is 10.6 Å². The van der Waals surface area contributed by atoms with E-state index in [0.29, 0.717) is 22.2 Å². The molecule has 0 aliphatic carbocycles. The number of rotatable bonds is 4. The van der Waals surface area contributed by atoms with Gasteiger partial charge in [0.25, 0.3) is 5.91 Å². The first-order chi connectivity index (χ1) is 11.3. The van der Waals surface area contributed by atoms with Gasteiger partial charge in [-0.15, -0.1) is 0 Å². The van der Waals surface area contributed by atoms with E-state index in [4.69, 9.17) is 0 Å². The molecule has 3 N–H and O–H groups in total. The molecule has 0 unspecified atom stereocenters. The van der Waals surface area contributed by atoms with Gasteiger partial charge in [-0.3, -0.25) is 10.1 Å². The summed E-state index contributed by atoms with van der Waals surface area (Å²) in [7, 11) is 0. The van der Waals surface area contributed by atoms with Gasteiger partial charge in [-0.1, -0.05) is 29.0 Å². The summed E-state index contributed by atoms with van der Waals surface area (Å²) >= 11 is 1.16. The quantitative estimate of drug-likeness (QED) is 0.788. The summed E-state index contributed by atoms with van der Waals surface area (Å²) in [5.74, 6) is -0.219. The fraction of sp³-hybridized carbons (Fsp3) is 0.353. The predicted molar refractivity (Wildman–Crippen MR) is 98.2 cm³/mol. The molecular weight excluding hydrogens is 324 g/mol. The van der Waals surface area contributed by atoms with E-state index < -0.39 is 0 Å². The smallest absolute Gasteiger partial charge is 0.321 e. The molecule has 0 aliphatic heterocycles. The number of hydrogen-bond acceptors (Lipinski definition) is 4. The first-order valence-corrected chi connectivity index (χ1v) is 8.55. The highest BCUT2D eigenvalue weighted by molar-refractivity contribution is 7.17. The number of nitrogens with zero attached hydrogens (tertiary/aromatic N) is 1. The molecule has 0 saturated heterocycles. The topological polar surface area (TPSA) is 83.1 Å². The summed E-state index contributed by atoms with van der Waals surface area (Å²) in [5.41, 5.74) is 4.60. The number of urea groups is 1. The van der Waals surface area contributed by atoms with Crippen molar-refractivity contribution < 1.29 is 9.59 Å². The predicted octanol–water partition coefficient (Wildman–Crippen LogP) is 3.77.